The van der Waals surface area contributed by atoms with Crippen molar-refractivity contribution in [2.24, 2.45) is 5.92 Å². The minimum atomic E-state index is -0.752. The summed E-state index contributed by atoms with van der Waals surface area (Å²) < 4.78 is 27.2. The largest absolute Gasteiger partial charge is 0.321 e. The molecule has 1 N–H and O–H groups in total. The van der Waals surface area contributed by atoms with Crippen LogP contribution < -0.4 is 5.32 Å². The van der Waals surface area contributed by atoms with E-state index in [9.17, 15) is 13.6 Å². The van der Waals surface area contributed by atoms with Gasteiger partial charge in [0, 0.05) is 13.1 Å². The van der Waals surface area contributed by atoms with Gasteiger partial charge in [0.15, 0.2) is 0 Å². The average molecular weight is 316 g/mol. The van der Waals surface area contributed by atoms with Crippen LogP contribution in [0.3, 0.4) is 0 Å². The van der Waals surface area contributed by atoms with Crippen molar-refractivity contribution < 1.29 is 13.6 Å². The summed E-state index contributed by atoms with van der Waals surface area (Å²) >= 11 is 0. The molecule has 3 rings (SSSR count). The molecular weight excluding hydrogens is 298 g/mol. The van der Waals surface area contributed by atoms with Gasteiger partial charge in [0.05, 0.1) is 5.92 Å². The fourth-order valence-corrected chi connectivity index (χ4v) is 2.87. The number of hydrogen-bond donors (Lipinski definition) is 1. The molecule has 0 aliphatic carbocycles. The highest BCUT2D eigenvalue weighted by molar-refractivity contribution is 5.93. The van der Waals surface area contributed by atoms with Crippen LogP contribution in [-0.2, 0) is 11.3 Å². The molecule has 23 heavy (non-hydrogen) atoms. The number of amides is 1. The van der Waals surface area contributed by atoms with Crippen molar-refractivity contribution >= 4 is 11.6 Å². The first-order valence-corrected chi connectivity index (χ1v) is 7.64. The molecule has 1 aliphatic rings. The van der Waals surface area contributed by atoms with E-state index in [0.29, 0.717) is 13.0 Å². The van der Waals surface area contributed by atoms with E-state index in [0.717, 1.165) is 25.2 Å². The highest BCUT2D eigenvalue weighted by atomic mass is 19.1. The van der Waals surface area contributed by atoms with E-state index in [1.54, 1.807) is 0 Å². The number of carbonyl (C=O) groups is 1. The van der Waals surface area contributed by atoms with Gasteiger partial charge in [-0.15, -0.1) is 0 Å². The molecule has 2 aromatic carbocycles. The number of likely N-dealkylation sites (tertiary alicyclic amines) is 1. The lowest BCUT2D eigenvalue weighted by Crippen LogP contribution is -2.27. The van der Waals surface area contributed by atoms with Crippen molar-refractivity contribution in [3.63, 3.8) is 0 Å². The predicted octanol–water partition coefficient (Wildman–Crippen LogP) is 3.43. The van der Waals surface area contributed by atoms with E-state index in [4.69, 9.17) is 0 Å². The lowest BCUT2D eigenvalue weighted by atomic mass is 10.1. The van der Waals surface area contributed by atoms with Gasteiger partial charge in [0.25, 0.3) is 0 Å². The van der Waals surface area contributed by atoms with Crippen molar-refractivity contribution in [1.29, 1.82) is 0 Å². The molecule has 120 valence electrons. The maximum absolute atomic E-state index is 13.6. The van der Waals surface area contributed by atoms with Gasteiger partial charge in [-0.25, -0.2) is 8.78 Å². The third-order valence-corrected chi connectivity index (χ3v) is 4.10. The van der Waals surface area contributed by atoms with E-state index in [1.165, 1.54) is 11.6 Å². The first kappa shape index (κ1) is 15.6. The second-order valence-electron chi connectivity index (χ2n) is 5.79. The molecule has 0 aromatic heterocycles. The third kappa shape index (κ3) is 3.74. The Hall–Kier alpha value is -2.27. The summed E-state index contributed by atoms with van der Waals surface area (Å²) in [6.07, 6.45) is 0.689. The van der Waals surface area contributed by atoms with Gasteiger partial charge in [-0.1, -0.05) is 36.4 Å². The van der Waals surface area contributed by atoms with Crippen LogP contribution in [0.4, 0.5) is 14.5 Å². The fraction of sp³-hybridized carbons (Fsp3) is 0.278. The molecule has 3 nitrogen and oxygen atoms in total. The van der Waals surface area contributed by atoms with Gasteiger partial charge < -0.3 is 5.32 Å². The van der Waals surface area contributed by atoms with E-state index in [1.807, 2.05) is 30.3 Å². The second kappa shape index (κ2) is 6.87. The number of rotatable bonds is 4. The summed E-state index contributed by atoms with van der Waals surface area (Å²) in [4.78, 5) is 14.4. The summed E-state index contributed by atoms with van der Waals surface area (Å²) in [5, 5.41) is 2.39. The summed E-state index contributed by atoms with van der Waals surface area (Å²) in [5.74, 6) is -2.09. The van der Waals surface area contributed by atoms with Gasteiger partial charge in [0.2, 0.25) is 5.91 Å². The second-order valence-corrected chi connectivity index (χ2v) is 5.79. The Morgan fingerprint density at radius 1 is 1.09 bits per heavy atom. The number of benzene rings is 2. The monoisotopic (exact) mass is 316 g/mol. The first-order valence-electron chi connectivity index (χ1n) is 7.64. The number of hydrogen-bond acceptors (Lipinski definition) is 2. The number of carbonyl (C=O) groups excluding carboxylic acids is 1. The molecule has 0 saturated carbocycles. The Kier molecular flexibility index (Phi) is 4.67. The maximum Gasteiger partial charge on any atom is 0.228 e. The van der Waals surface area contributed by atoms with Crippen LogP contribution in [0.2, 0.25) is 0 Å². The predicted molar refractivity (Wildman–Crippen MR) is 84.8 cm³/mol. The number of para-hydroxylation sites is 1. The highest BCUT2D eigenvalue weighted by Gasteiger charge is 2.29. The summed E-state index contributed by atoms with van der Waals surface area (Å²) in [5.41, 5.74) is 0.827. The molecule has 0 radical (unpaired) electrons. The lowest BCUT2D eigenvalue weighted by Gasteiger charge is -2.16. The van der Waals surface area contributed by atoms with Gasteiger partial charge in [-0.05, 0) is 30.7 Å². The fourth-order valence-electron chi connectivity index (χ4n) is 2.87. The standard InChI is InChI=1S/C18H18F2N2O/c19-15-7-4-8-16(20)17(15)21-18(23)14-9-10-22(12-14)11-13-5-2-1-3-6-13/h1-8,14H,9-12H2,(H,21,23). The quantitative estimate of drug-likeness (QED) is 0.937. The van der Waals surface area contributed by atoms with Gasteiger partial charge in [-0.3, -0.25) is 9.69 Å². The molecule has 1 atom stereocenters. The normalized spacial score (nSPS) is 18.1. The van der Waals surface area contributed by atoms with Gasteiger partial charge in [0.1, 0.15) is 17.3 Å². The molecule has 5 heteroatoms. The zero-order valence-corrected chi connectivity index (χ0v) is 12.6. The smallest absolute Gasteiger partial charge is 0.228 e. The van der Waals surface area contributed by atoms with Crippen LogP contribution in [-0.4, -0.2) is 23.9 Å². The maximum atomic E-state index is 13.6. The van der Waals surface area contributed by atoms with Crippen LogP contribution in [0, 0.1) is 17.6 Å². The first-order chi connectivity index (χ1) is 11.1. The van der Waals surface area contributed by atoms with E-state index in [2.05, 4.69) is 10.2 Å². The lowest BCUT2D eigenvalue weighted by molar-refractivity contribution is -0.119. The SMILES string of the molecule is O=C(Nc1c(F)cccc1F)C1CCN(Cc2ccccc2)C1. The third-order valence-electron chi connectivity index (χ3n) is 4.10. The van der Waals surface area contributed by atoms with Crippen molar-refractivity contribution in [1.82, 2.24) is 4.90 Å². The Morgan fingerprint density at radius 3 is 2.48 bits per heavy atom. The number of nitrogens with zero attached hydrogens (tertiary/aromatic N) is 1. The van der Waals surface area contributed by atoms with Crippen molar-refractivity contribution in [3.8, 4) is 0 Å². The van der Waals surface area contributed by atoms with E-state index >= 15 is 0 Å². The van der Waals surface area contributed by atoms with Gasteiger partial charge >= 0.3 is 0 Å². The van der Waals surface area contributed by atoms with Crippen molar-refractivity contribution in [3.05, 3.63) is 65.7 Å². The molecule has 1 heterocycles. The molecule has 0 spiro atoms. The van der Waals surface area contributed by atoms with Crippen molar-refractivity contribution in [2.75, 3.05) is 18.4 Å². The molecule has 0 bridgehead atoms. The minimum absolute atomic E-state index is 0.252. The Bertz CT molecular complexity index is 670. The molecule has 1 fully saturated rings. The molecule has 1 amide bonds. The molecule has 2 aromatic rings. The zero-order valence-electron chi connectivity index (χ0n) is 12.6. The summed E-state index contributed by atoms with van der Waals surface area (Å²) in [7, 11) is 0. The van der Waals surface area contributed by atoms with E-state index in [-0.39, 0.29) is 17.5 Å². The number of anilines is 1. The van der Waals surface area contributed by atoms with Crippen LogP contribution in [0.5, 0.6) is 0 Å². The minimum Gasteiger partial charge on any atom is -0.321 e. The van der Waals surface area contributed by atoms with Gasteiger partial charge in [-0.2, -0.15) is 0 Å². The molecule has 1 saturated heterocycles. The Morgan fingerprint density at radius 2 is 1.78 bits per heavy atom. The van der Waals surface area contributed by atoms with Crippen LogP contribution in [0.1, 0.15) is 12.0 Å². The van der Waals surface area contributed by atoms with Crippen LogP contribution in [0.25, 0.3) is 0 Å². The number of nitrogens with one attached hydrogen (secondary N) is 1. The highest BCUT2D eigenvalue weighted by Crippen LogP contribution is 2.23. The molecule has 1 aliphatic heterocycles. The average Bonchev–Trinajstić information content (AvgIpc) is 3.00. The topological polar surface area (TPSA) is 32.3 Å². The Balaban J connectivity index is 1.59. The zero-order chi connectivity index (χ0) is 16.2. The summed E-state index contributed by atoms with van der Waals surface area (Å²) in [6, 6.07) is 13.6. The Labute approximate surface area is 133 Å². The summed E-state index contributed by atoms with van der Waals surface area (Å²) in [6.45, 7) is 2.17. The van der Waals surface area contributed by atoms with Crippen LogP contribution in [0.15, 0.2) is 48.5 Å². The molecular formula is C18H18F2N2O. The number of halogens is 2. The van der Waals surface area contributed by atoms with Crippen molar-refractivity contribution in [2.45, 2.75) is 13.0 Å². The van der Waals surface area contributed by atoms with E-state index < -0.39 is 11.6 Å². The molecule has 1 unspecified atom stereocenters. The van der Waals surface area contributed by atoms with Crippen LogP contribution >= 0.6 is 0 Å².